The summed E-state index contributed by atoms with van der Waals surface area (Å²) in [6, 6.07) is 10.3. The average Bonchev–Trinajstić information content (AvgIpc) is 3.29. The molecule has 4 amide bonds. The third-order valence-corrected chi connectivity index (χ3v) is 6.13. The van der Waals surface area contributed by atoms with Gasteiger partial charge in [-0.3, -0.25) is 19.8 Å². The molecule has 0 spiro atoms. The van der Waals surface area contributed by atoms with Gasteiger partial charge in [0.2, 0.25) is 0 Å². The van der Waals surface area contributed by atoms with E-state index < -0.39 is 17.8 Å². The molecule has 2 aromatic rings. The average molecular weight is 469 g/mol. The van der Waals surface area contributed by atoms with Gasteiger partial charge in [0.25, 0.3) is 11.8 Å². The number of urea groups is 1. The van der Waals surface area contributed by atoms with Crippen molar-refractivity contribution in [3.05, 3.63) is 63.7 Å². The third-order valence-electron chi connectivity index (χ3n) is 5.85. The van der Waals surface area contributed by atoms with Gasteiger partial charge in [-0.05, 0) is 49.1 Å². The SMILES string of the molecule is COc1cc(/C=C2\C(=O)NC(=O)N(C3CCCC3)C2=O)cc(Cl)c1OCc1cccc(C)c1. The fourth-order valence-electron chi connectivity index (χ4n) is 4.25. The van der Waals surface area contributed by atoms with Crippen molar-refractivity contribution in [2.45, 2.75) is 45.3 Å². The summed E-state index contributed by atoms with van der Waals surface area (Å²) < 4.78 is 11.4. The summed E-state index contributed by atoms with van der Waals surface area (Å²) in [6.07, 6.45) is 4.81. The van der Waals surface area contributed by atoms with Gasteiger partial charge in [0, 0.05) is 6.04 Å². The van der Waals surface area contributed by atoms with Gasteiger partial charge in [-0.2, -0.15) is 0 Å². The van der Waals surface area contributed by atoms with Gasteiger partial charge in [-0.15, -0.1) is 0 Å². The van der Waals surface area contributed by atoms with Gasteiger partial charge in [0.1, 0.15) is 12.2 Å². The van der Waals surface area contributed by atoms with Gasteiger partial charge in [0.15, 0.2) is 11.5 Å². The molecule has 0 radical (unpaired) electrons. The highest BCUT2D eigenvalue weighted by Gasteiger charge is 2.40. The normalized spacial score (nSPS) is 18.1. The third kappa shape index (κ3) is 4.88. The quantitative estimate of drug-likeness (QED) is 0.493. The van der Waals surface area contributed by atoms with Crippen LogP contribution in [-0.2, 0) is 16.2 Å². The van der Waals surface area contributed by atoms with E-state index in [1.54, 1.807) is 12.1 Å². The Morgan fingerprint density at radius 2 is 1.91 bits per heavy atom. The molecule has 172 valence electrons. The van der Waals surface area contributed by atoms with Crippen molar-refractivity contribution in [3.63, 3.8) is 0 Å². The maximum atomic E-state index is 13.0. The molecule has 2 aliphatic rings. The fourth-order valence-corrected chi connectivity index (χ4v) is 4.53. The van der Waals surface area contributed by atoms with E-state index in [0.29, 0.717) is 23.7 Å². The van der Waals surface area contributed by atoms with E-state index in [9.17, 15) is 14.4 Å². The summed E-state index contributed by atoms with van der Waals surface area (Å²) in [6.45, 7) is 2.31. The van der Waals surface area contributed by atoms with Crippen LogP contribution in [0.3, 0.4) is 0 Å². The molecule has 0 atom stereocenters. The summed E-state index contributed by atoms with van der Waals surface area (Å²) >= 11 is 6.47. The van der Waals surface area contributed by atoms with E-state index in [-0.39, 0.29) is 16.6 Å². The number of nitrogens with zero attached hydrogens (tertiary/aromatic N) is 1. The van der Waals surface area contributed by atoms with Crippen LogP contribution in [0.15, 0.2) is 42.0 Å². The van der Waals surface area contributed by atoms with Crippen LogP contribution < -0.4 is 14.8 Å². The summed E-state index contributed by atoms with van der Waals surface area (Å²) in [7, 11) is 1.49. The number of rotatable bonds is 6. The summed E-state index contributed by atoms with van der Waals surface area (Å²) in [4.78, 5) is 38.9. The van der Waals surface area contributed by atoms with Crippen molar-refractivity contribution < 1.29 is 23.9 Å². The molecular weight excluding hydrogens is 444 g/mol. The minimum atomic E-state index is -0.728. The highest BCUT2D eigenvalue weighted by molar-refractivity contribution is 6.33. The molecule has 1 saturated carbocycles. The molecule has 0 aromatic heterocycles. The molecule has 0 unspecified atom stereocenters. The van der Waals surface area contributed by atoms with E-state index in [2.05, 4.69) is 5.32 Å². The zero-order valence-corrected chi connectivity index (χ0v) is 19.3. The van der Waals surface area contributed by atoms with Crippen molar-refractivity contribution in [3.8, 4) is 11.5 Å². The topological polar surface area (TPSA) is 84.9 Å². The van der Waals surface area contributed by atoms with Crippen LogP contribution in [-0.4, -0.2) is 35.9 Å². The van der Waals surface area contributed by atoms with Crippen molar-refractivity contribution in [1.29, 1.82) is 0 Å². The van der Waals surface area contributed by atoms with E-state index in [4.69, 9.17) is 21.1 Å². The number of aryl methyl sites for hydroxylation is 1. The van der Waals surface area contributed by atoms with Crippen molar-refractivity contribution in [1.82, 2.24) is 10.2 Å². The van der Waals surface area contributed by atoms with Crippen LogP contribution in [0.5, 0.6) is 11.5 Å². The standard InChI is InChI=1S/C25H25ClN2O5/c1-15-6-5-7-16(10-15)14-33-22-20(26)12-17(13-21(22)32-2)11-19-23(29)27-25(31)28(24(19)30)18-8-3-4-9-18/h5-7,10-13,18H,3-4,8-9,14H2,1-2H3,(H,27,29,31)/b19-11+. The predicted octanol–water partition coefficient (Wildman–Crippen LogP) is 4.64. The van der Waals surface area contributed by atoms with Crippen LogP contribution in [0.4, 0.5) is 4.79 Å². The highest BCUT2D eigenvalue weighted by Crippen LogP contribution is 2.38. The number of hydrogen-bond acceptors (Lipinski definition) is 5. The molecule has 4 rings (SSSR count). The number of carbonyl (C=O) groups is 3. The number of imide groups is 2. The molecule has 0 bridgehead atoms. The molecule has 33 heavy (non-hydrogen) atoms. The van der Waals surface area contributed by atoms with Gasteiger partial charge in [-0.25, -0.2) is 4.79 Å². The second-order valence-electron chi connectivity index (χ2n) is 8.24. The lowest BCUT2D eigenvalue weighted by Crippen LogP contribution is -2.57. The lowest BCUT2D eigenvalue weighted by molar-refractivity contribution is -0.131. The Labute approximate surface area is 197 Å². The van der Waals surface area contributed by atoms with Gasteiger partial charge < -0.3 is 9.47 Å². The Morgan fingerprint density at radius 1 is 1.15 bits per heavy atom. The number of nitrogens with one attached hydrogen (secondary N) is 1. The monoisotopic (exact) mass is 468 g/mol. The molecule has 2 fully saturated rings. The second-order valence-corrected chi connectivity index (χ2v) is 8.65. The number of carbonyl (C=O) groups excluding carboxylic acids is 3. The molecule has 1 heterocycles. The summed E-state index contributed by atoms with van der Waals surface area (Å²) in [5.74, 6) is -0.584. The summed E-state index contributed by atoms with van der Waals surface area (Å²) in [5, 5.41) is 2.55. The lowest BCUT2D eigenvalue weighted by Gasteiger charge is -2.31. The minimum absolute atomic E-state index is 0.118. The largest absolute Gasteiger partial charge is 0.493 e. The highest BCUT2D eigenvalue weighted by atomic mass is 35.5. The fraction of sp³-hybridized carbons (Fsp3) is 0.320. The number of halogens is 1. The Balaban J connectivity index is 1.60. The minimum Gasteiger partial charge on any atom is -0.493 e. The number of methoxy groups -OCH3 is 1. The van der Waals surface area contributed by atoms with Crippen molar-refractivity contribution in [2.75, 3.05) is 7.11 Å². The van der Waals surface area contributed by atoms with E-state index in [0.717, 1.165) is 36.8 Å². The second kappa shape index (κ2) is 9.67. The Morgan fingerprint density at radius 3 is 2.61 bits per heavy atom. The van der Waals surface area contributed by atoms with E-state index in [1.165, 1.54) is 18.1 Å². The molecule has 1 saturated heterocycles. The van der Waals surface area contributed by atoms with Crippen LogP contribution >= 0.6 is 11.6 Å². The number of barbiturate groups is 1. The number of benzene rings is 2. The first kappa shape index (κ1) is 22.9. The molecular formula is C25H25ClN2O5. The number of ether oxygens (including phenoxy) is 2. The maximum Gasteiger partial charge on any atom is 0.331 e. The van der Waals surface area contributed by atoms with E-state index in [1.807, 2.05) is 31.2 Å². The van der Waals surface area contributed by atoms with Crippen molar-refractivity contribution in [2.24, 2.45) is 0 Å². The predicted molar refractivity (Wildman–Crippen MR) is 124 cm³/mol. The van der Waals surface area contributed by atoms with Crippen molar-refractivity contribution >= 4 is 35.5 Å². The number of hydrogen-bond donors (Lipinski definition) is 1. The van der Waals surface area contributed by atoms with Crippen LogP contribution in [0.25, 0.3) is 6.08 Å². The Bertz CT molecular complexity index is 1140. The molecule has 7 nitrogen and oxygen atoms in total. The van der Waals surface area contributed by atoms with Gasteiger partial charge >= 0.3 is 6.03 Å². The maximum absolute atomic E-state index is 13.0. The molecule has 1 aliphatic heterocycles. The molecule has 2 aromatic carbocycles. The summed E-state index contributed by atoms with van der Waals surface area (Å²) in [5.41, 5.74) is 2.48. The first-order chi connectivity index (χ1) is 15.9. The van der Waals surface area contributed by atoms with Crippen LogP contribution in [0.2, 0.25) is 5.02 Å². The van der Waals surface area contributed by atoms with Crippen LogP contribution in [0.1, 0.15) is 42.4 Å². The van der Waals surface area contributed by atoms with E-state index >= 15 is 0 Å². The Hall–Kier alpha value is -3.32. The van der Waals surface area contributed by atoms with Gasteiger partial charge in [0.05, 0.1) is 12.1 Å². The molecule has 8 heteroatoms. The lowest BCUT2D eigenvalue weighted by atomic mass is 10.0. The zero-order valence-electron chi connectivity index (χ0n) is 18.5. The first-order valence-corrected chi connectivity index (χ1v) is 11.2. The first-order valence-electron chi connectivity index (χ1n) is 10.8. The van der Waals surface area contributed by atoms with Gasteiger partial charge in [-0.1, -0.05) is 54.3 Å². The Kier molecular flexibility index (Phi) is 6.70. The van der Waals surface area contributed by atoms with Crippen LogP contribution in [0, 0.1) is 6.92 Å². The number of amides is 4. The molecule has 1 N–H and O–H groups in total. The molecule has 1 aliphatic carbocycles. The smallest absolute Gasteiger partial charge is 0.331 e. The zero-order chi connectivity index (χ0) is 23.5.